The first-order valence-electron chi connectivity index (χ1n) is 7.19. The van der Waals surface area contributed by atoms with Gasteiger partial charge in [-0.1, -0.05) is 19.4 Å². The topological polar surface area (TPSA) is 52.5 Å². The van der Waals surface area contributed by atoms with Crippen LogP contribution in [0.4, 0.5) is 0 Å². The Morgan fingerprint density at radius 3 is 2.47 bits per heavy atom. The quantitative estimate of drug-likeness (QED) is 0.677. The van der Waals surface area contributed by atoms with Crippen LogP contribution in [-0.4, -0.2) is 23.4 Å². The lowest BCUT2D eigenvalue weighted by Gasteiger charge is -2.16. The number of rotatable bonds is 8. The Morgan fingerprint density at radius 1 is 1.16 bits per heavy atom. The fourth-order valence-corrected chi connectivity index (χ4v) is 2.35. The fraction of sp³-hybridized carbons (Fsp3) is 0.625. The summed E-state index contributed by atoms with van der Waals surface area (Å²) < 4.78 is 0. The Morgan fingerprint density at radius 2 is 1.84 bits per heavy atom. The molecule has 108 valence electrons. The highest BCUT2D eigenvalue weighted by Gasteiger charge is 2.08. The van der Waals surface area contributed by atoms with Crippen molar-refractivity contribution in [2.24, 2.45) is 5.92 Å². The third kappa shape index (κ3) is 5.21. The smallest absolute Gasteiger partial charge is 0.120 e. The maximum absolute atomic E-state index is 9.91. The second kappa shape index (κ2) is 8.18. The first kappa shape index (κ1) is 16.0. The molecule has 1 aromatic carbocycles. The summed E-state index contributed by atoms with van der Waals surface area (Å²) in [6.45, 7) is 8.05. The summed E-state index contributed by atoms with van der Waals surface area (Å²) in [5, 5.41) is 22.3. The third-order valence-electron chi connectivity index (χ3n) is 3.68. The highest BCUT2D eigenvalue weighted by Crippen LogP contribution is 2.21. The van der Waals surface area contributed by atoms with Crippen LogP contribution in [0.2, 0.25) is 0 Å². The van der Waals surface area contributed by atoms with Crippen LogP contribution in [0.3, 0.4) is 0 Å². The number of phenols is 1. The Hall–Kier alpha value is -1.06. The summed E-state index contributed by atoms with van der Waals surface area (Å²) in [6.07, 6.45) is 3.12. The molecule has 0 aliphatic heterocycles. The van der Waals surface area contributed by atoms with Crippen LogP contribution >= 0.6 is 0 Å². The van der Waals surface area contributed by atoms with Crippen molar-refractivity contribution < 1.29 is 10.2 Å². The van der Waals surface area contributed by atoms with Gasteiger partial charge in [-0.25, -0.2) is 0 Å². The van der Waals surface area contributed by atoms with E-state index in [9.17, 15) is 5.11 Å². The second-order valence-electron chi connectivity index (χ2n) is 5.36. The molecule has 0 aliphatic carbocycles. The van der Waals surface area contributed by atoms with Crippen LogP contribution in [0.15, 0.2) is 12.1 Å². The van der Waals surface area contributed by atoms with E-state index >= 15 is 0 Å². The molecule has 0 radical (unpaired) electrons. The van der Waals surface area contributed by atoms with E-state index < -0.39 is 0 Å². The van der Waals surface area contributed by atoms with Crippen LogP contribution in [0.5, 0.6) is 5.75 Å². The fourth-order valence-electron chi connectivity index (χ4n) is 2.35. The number of benzene rings is 1. The number of aliphatic hydroxyl groups is 1. The van der Waals surface area contributed by atoms with Crippen molar-refractivity contribution in [2.75, 3.05) is 13.2 Å². The summed E-state index contributed by atoms with van der Waals surface area (Å²) in [7, 11) is 0. The Balaban J connectivity index is 2.50. The van der Waals surface area contributed by atoms with Crippen molar-refractivity contribution >= 4 is 0 Å². The van der Waals surface area contributed by atoms with Gasteiger partial charge in [0.25, 0.3) is 0 Å². The molecule has 3 N–H and O–H groups in total. The van der Waals surface area contributed by atoms with Crippen LogP contribution in [0, 0.1) is 19.8 Å². The van der Waals surface area contributed by atoms with E-state index in [4.69, 9.17) is 5.11 Å². The number of hydrogen-bond acceptors (Lipinski definition) is 3. The van der Waals surface area contributed by atoms with E-state index in [-0.39, 0.29) is 6.61 Å². The lowest BCUT2D eigenvalue weighted by molar-refractivity contribution is 0.248. The second-order valence-corrected chi connectivity index (χ2v) is 5.36. The van der Waals surface area contributed by atoms with Crippen molar-refractivity contribution in [2.45, 2.75) is 46.6 Å². The molecule has 1 aromatic rings. The van der Waals surface area contributed by atoms with Gasteiger partial charge in [0.05, 0.1) is 0 Å². The minimum absolute atomic E-state index is 0.251. The van der Waals surface area contributed by atoms with Crippen LogP contribution in [0.25, 0.3) is 0 Å². The Bertz CT molecular complexity index is 385. The monoisotopic (exact) mass is 265 g/mol. The highest BCUT2D eigenvalue weighted by atomic mass is 16.3. The first-order valence-corrected chi connectivity index (χ1v) is 7.19. The van der Waals surface area contributed by atoms with Gasteiger partial charge < -0.3 is 15.5 Å². The highest BCUT2D eigenvalue weighted by molar-refractivity contribution is 5.40. The Labute approximate surface area is 116 Å². The zero-order valence-electron chi connectivity index (χ0n) is 12.4. The van der Waals surface area contributed by atoms with Crippen molar-refractivity contribution in [3.63, 3.8) is 0 Å². The molecule has 0 bridgehead atoms. The van der Waals surface area contributed by atoms with Crippen LogP contribution in [0.1, 0.15) is 42.9 Å². The van der Waals surface area contributed by atoms with Gasteiger partial charge in [0.1, 0.15) is 5.75 Å². The zero-order chi connectivity index (χ0) is 14.3. The summed E-state index contributed by atoms with van der Waals surface area (Å²) in [4.78, 5) is 0. The molecule has 0 amide bonds. The van der Waals surface area contributed by atoms with Gasteiger partial charge in [-0.05, 0) is 56.3 Å². The number of nitrogens with one attached hydrogen (secondary N) is 1. The average Bonchev–Trinajstić information content (AvgIpc) is 2.36. The molecular weight excluding hydrogens is 238 g/mol. The molecule has 3 heteroatoms. The lowest BCUT2D eigenvalue weighted by atomic mass is 10.00. The molecule has 0 aromatic heterocycles. The minimum Gasteiger partial charge on any atom is -0.508 e. The average molecular weight is 265 g/mol. The third-order valence-corrected chi connectivity index (χ3v) is 3.68. The molecule has 1 atom stereocenters. The number of aryl methyl sites for hydroxylation is 2. The van der Waals surface area contributed by atoms with Gasteiger partial charge in [0, 0.05) is 18.7 Å². The molecule has 0 spiro atoms. The van der Waals surface area contributed by atoms with Gasteiger partial charge in [-0.15, -0.1) is 0 Å². The molecule has 0 saturated carbocycles. The maximum Gasteiger partial charge on any atom is 0.120 e. The number of aromatic hydroxyl groups is 1. The summed E-state index contributed by atoms with van der Waals surface area (Å²) in [5.41, 5.74) is 3.27. The van der Waals surface area contributed by atoms with E-state index in [0.717, 1.165) is 36.9 Å². The van der Waals surface area contributed by atoms with Gasteiger partial charge in [0.2, 0.25) is 0 Å². The lowest BCUT2D eigenvalue weighted by Crippen LogP contribution is -2.23. The summed E-state index contributed by atoms with van der Waals surface area (Å²) in [6, 6.07) is 3.86. The van der Waals surface area contributed by atoms with Gasteiger partial charge in [-0.2, -0.15) is 0 Å². The van der Waals surface area contributed by atoms with Gasteiger partial charge >= 0.3 is 0 Å². The summed E-state index contributed by atoms with van der Waals surface area (Å²) in [5.74, 6) is 0.883. The largest absolute Gasteiger partial charge is 0.508 e. The standard InChI is InChI=1S/C16H27NO2/c1-4-5-14(6-7-18)10-17-11-15-8-12(2)13(3)9-16(15)19/h8-9,14,17-19H,4-7,10-11H2,1-3H3. The predicted octanol–water partition coefficient (Wildman–Crippen LogP) is 2.90. The molecule has 3 nitrogen and oxygen atoms in total. The molecule has 0 heterocycles. The molecule has 0 aliphatic rings. The maximum atomic E-state index is 9.91. The van der Waals surface area contributed by atoms with Crippen molar-refractivity contribution in [1.29, 1.82) is 0 Å². The SMILES string of the molecule is CCCC(CCO)CNCc1cc(C)c(C)cc1O. The predicted molar refractivity (Wildman–Crippen MR) is 79.4 cm³/mol. The first-order chi connectivity index (χ1) is 9.08. The van der Waals surface area contributed by atoms with Crippen molar-refractivity contribution in [1.82, 2.24) is 5.32 Å². The van der Waals surface area contributed by atoms with Crippen LogP contribution in [-0.2, 0) is 6.54 Å². The van der Waals surface area contributed by atoms with E-state index in [1.807, 2.05) is 19.1 Å². The number of hydrogen-bond donors (Lipinski definition) is 3. The molecular formula is C16H27NO2. The van der Waals surface area contributed by atoms with E-state index in [2.05, 4.69) is 19.2 Å². The molecule has 0 fully saturated rings. The number of phenolic OH excluding ortho intramolecular Hbond substituents is 1. The van der Waals surface area contributed by atoms with E-state index in [1.165, 1.54) is 5.56 Å². The molecule has 1 unspecified atom stereocenters. The van der Waals surface area contributed by atoms with Crippen LogP contribution < -0.4 is 5.32 Å². The molecule has 0 saturated heterocycles. The van der Waals surface area contributed by atoms with Gasteiger partial charge in [0.15, 0.2) is 0 Å². The van der Waals surface area contributed by atoms with Gasteiger partial charge in [-0.3, -0.25) is 0 Å². The summed E-state index contributed by atoms with van der Waals surface area (Å²) >= 11 is 0. The molecule has 19 heavy (non-hydrogen) atoms. The zero-order valence-corrected chi connectivity index (χ0v) is 12.4. The van der Waals surface area contributed by atoms with E-state index in [0.29, 0.717) is 18.2 Å². The molecule has 1 rings (SSSR count). The van der Waals surface area contributed by atoms with Crippen molar-refractivity contribution in [3.8, 4) is 5.75 Å². The van der Waals surface area contributed by atoms with Crippen molar-refractivity contribution in [3.05, 3.63) is 28.8 Å². The van der Waals surface area contributed by atoms with E-state index in [1.54, 1.807) is 0 Å². The Kier molecular flexibility index (Phi) is 6.89. The number of aliphatic hydroxyl groups excluding tert-OH is 1. The normalized spacial score (nSPS) is 12.6. The minimum atomic E-state index is 0.251.